The van der Waals surface area contributed by atoms with E-state index < -0.39 is 0 Å². The summed E-state index contributed by atoms with van der Waals surface area (Å²) in [6.45, 7) is 0. The van der Waals surface area contributed by atoms with E-state index in [2.05, 4.69) is 20.4 Å². The molecule has 3 heterocycles. The van der Waals surface area contributed by atoms with Crippen LogP contribution in [0.25, 0.3) is 10.8 Å². The summed E-state index contributed by atoms with van der Waals surface area (Å²) in [6, 6.07) is 3.82. The van der Waals surface area contributed by atoms with Crippen LogP contribution in [0.4, 0.5) is 5.82 Å². The molecule has 0 aromatic carbocycles. The average Bonchev–Trinajstić information content (AvgIpc) is 2.95. The van der Waals surface area contributed by atoms with E-state index in [0.717, 1.165) is 41.3 Å². The van der Waals surface area contributed by atoms with Gasteiger partial charge in [0, 0.05) is 42.8 Å². The second kappa shape index (κ2) is 5.46. The van der Waals surface area contributed by atoms with Gasteiger partial charge in [-0.25, -0.2) is 4.98 Å². The summed E-state index contributed by atoms with van der Waals surface area (Å²) in [5.74, 6) is 0.376. The minimum atomic E-state index is -0.166. The van der Waals surface area contributed by atoms with E-state index in [1.807, 2.05) is 25.4 Å². The number of hydrogen-bond acceptors (Lipinski definition) is 4. The van der Waals surface area contributed by atoms with E-state index in [-0.39, 0.29) is 11.8 Å². The Balaban J connectivity index is 1.65. The van der Waals surface area contributed by atoms with Crippen LogP contribution in [0.1, 0.15) is 30.0 Å². The van der Waals surface area contributed by atoms with E-state index in [1.165, 1.54) is 0 Å². The largest absolute Gasteiger partial charge is 0.310 e. The molecule has 0 saturated heterocycles. The van der Waals surface area contributed by atoms with Crippen molar-refractivity contribution in [3.05, 3.63) is 48.2 Å². The number of amides is 1. The number of hydrogen-bond donors (Lipinski definition) is 1. The maximum Gasteiger partial charge on any atom is 0.233 e. The predicted octanol–water partition coefficient (Wildman–Crippen LogP) is 2.42. The molecule has 1 aliphatic rings. The highest BCUT2D eigenvalue weighted by molar-refractivity contribution is 6.02. The SMILES string of the molecule is Cn1cc2c(n1)CCCC2C(=O)Nc1nccc2ccncc12. The van der Waals surface area contributed by atoms with Crippen molar-refractivity contribution in [1.29, 1.82) is 0 Å². The topological polar surface area (TPSA) is 72.7 Å². The minimum Gasteiger partial charge on any atom is -0.310 e. The summed E-state index contributed by atoms with van der Waals surface area (Å²) in [6.07, 6.45) is 9.88. The third kappa shape index (κ3) is 2.46. The van der Waals surface area contributed by atoms with E-state index in [4.69, 9.17) is 0 Å². The molecule has 6 nitrogen and oxygen atoms in total. The predicted molar refractivity (Wildman–Crippen MR) is 87.1 cm³/mol. The average molecular weight is 307 g/mol. The van der Waals surface area contributed by atoms with Crippen LogP contribution < -0.4 is 5.32 Å². The van der Waals surface area contributed by atoms with Gasteiger partial charge >= 0.3 is 0 Å². The number of pyridine rings is 2. The summed E-state index contributed by atoms with van der Waals surface area (Å²) in [5.41, 5.74) is 2.07. The quantitative estimate of drug-likeness (QED) is 0.789. The highest BCUT2D eigenvalue weighted by atomic mass is 16.1. The molecular formula is C17H17N5O. The number of nitrogens with one attached hydrogen (secondary N) is 1. The number of carbonyl (C=O) groups is 1. The van der Waals surface area contributed by atoms with Crippen molar-refractivity contribution in [2.45, 2.75) is 25.2 Å². The first-order valence-corrected chi connectivity index (χ1v) is 7.74. The highest BCUT2D eigenvalue weighted by Gasteiger charge is 2.29. The zero-order chi connectivity index (χ0) is 15.8. The minimum absolute atomic E-state index is 0.0252. The fourth-order valence-corrected chi connectivity index (χ4v) is 3.25. The molecule has 116 valence electrons. The van der Waals surface area contributed by atoms with Gasteiger partial charge in [0.05, 0.1) is 11.6 Å². The number of carbonyl (C=O) groups excluding carboxylic acids is 1. The van der Waals surface area contributed by atoms with E-state index in [9.17, 15) is 4.79 Å². The van der Waals surface area contributed by atoms with Gasteiger partial charge in [0.1, 0.15) is 5.82 Å². The Morgan fingerprint density at radius 1 is 1.35 bits per heavy atom. The molecule has 0 fully saturated rings. The summed E-state index contributed by atoms with van der Waals surface area (Å²) in [5, 5.41) is 9.29. The highest BCUT2D eigenvalue weighted by Crippen LogP contribution is 2.32. The van der Waals surface area contributed by atoms with Crippen LogP contribution in [0, 0.1) is 0 Å². The van der Waals surface area contributed by atoms with Crippen molar-refractivity contribution >= 4 is 22.5 Å². The Labute approximate surface area is 133 Å². The Hall–Kier alpha value is -2.76. The molecule has 1 atom stereocenters. The van der Waals surface area contributed by atoms with Crippen molar-refractivity contribution in [2.75, 3.05) is 5.32 Å². The van der Waals surface area contributed by atoms with E-state index >= 15 is 0 Å². The van der Waals surface area contributed by atoms with Gasteiger partial charge in [-0.3, -0.25) is 14.5 Å². The Bertz CT molecular complexity index is 880. The van der Waals surface area contributed by atoms with Gasteiger partial charge in [0.25, 0.3) is 0 Å². The zero-order valence-corrected chi connectivity index (χ0v) is 12.9. The summed E-state index contributed by atoms with van der Waals surface area (Å²) in [7, 11) is 1.89. The number of aromatic nitrogens is 4. The molecular weight excluding hydrogens is 290 g/mol. The lowest BCUT2D eigenvalue weighted by molar-refractivity contribution is -0.117. The van der Waals surface area contributed by atoms with Crippen LogP contribution in [0.3, 0.4) is 0 Å². The smallest absolute Gasteiger partial charge is 0.233 e. The van der Waals surface area contributed by atoms with Gasteiger partial charge < -0.3 is 5.32 Å². The maximum atomic E-state index is 12.8. The maximum absolute atomic E-state index is 12.8. The molecule has 6 heteroatoms. The Kier molecular flexibility index (Phi) is 3.29. The van der Waals surface area contributed by atoms with Crippen LogP contribution in [0.2, 0.25) is 0 Å². The lowest BCUT2D eigenvalue weighted by Crippen LogP contribution is -2.24. The number of rotatable bonds is 2. The molecule has 0 saturated carbocycles. The first kappa shape index (κ1) is 13.9. The second-order valence-electron chi connectivity index (χ2n) is 5.90. The molecule has 3 aromatic heterocycles. The van der Waals surface area contributed by atoms with Crippen molar-refractivity contribution in [3.8, 4) is 0 Å². The standard InChI is InChI=1S/C17H17N5O/c1-22-10-14-12(3-2-4-15(14)21-22)17(23)20-16-13-9-18-7-5-11(13)6-8-19-16/h5-10,12H,2-4H2,1H3,(H,19,20,23). The molecule has 0 aliphatic heterocycles. The van der Waals surface area contributed by atoms with Crippen LogP contribution in [-0.2, 0) is 18.3 Å². The third-order valence-corrected chi connectivity index (χ3v) is 4.35. The molecule has 1 amide bonds. The lowest BCUT2D eigenvalue weighted by Gasteiger charge is -2.20. The molecule has 1 aliphatic carbocycles. The number of fused-ring (bicyclic) bond motifs is 2. The summed E-state index contributed by atoms with van der Waals surface area (Å²) >= 11 is 0. The molecule has 3 aromatic rings. The fraction of sp³-hybridized carbons (Fsp3) is 0.294. The second-order valence-corrected chi connectivity index (χ2v) is 5.90. The normalized spacial score (nSPS) is 17.0. The van der Waals surface area contributed by atoms with Crippen molar-refractivity contribution in [2.24, 2.45) is 7.05 Å². The monoisotopic (exact) mass is 307 g/mol. The van der Waals surface area contributed by atoms with Gasteiger partial charge in [-0.2, -0.15) is 5.10 Å². The molecule has 23 heavy (non-hydrogen) atoms. The van der Waals surface area contributed by atoms with Crippen molar-refractivity contribution in [3.63, 3.8) is 0 Å². The molecule has 0 spiro atoms. The van der Waals surface area contributed by atoms with Crippen molar-refractivity contribution in [1.82, 2.24) is 19.7 Å². The van der Waals surface area contributed by atoms with Crippen LogP contribution in [0.15, 0.2) is 36.9 Å². The van der Waals surface area contributed by atoms with Gasteiger partial charge in [-0.05, 0) is 36.8 Å². The Morgan fingerprint density at radius 3 is 3.13 bits per heavy atom. The molecule has 1 unspecified atom stereocenters. The molecule has 0 radical (unpaired) electrons. The summed E-state index contributed by atoms with van der Waals surface area (Å²) in [4.78, 5) is 21.2. The van der Waals surface area contributed by atoms with Gasteiger partial charge in [-0.1, -0.05) is 0 Å². The lowest BCUT2D eigenvalue weighted by atomic mass is 9.86. The van der Waals surface area contributed by atoms with E-state index in [0.29, 0.717) is 5.82 Å². The first-order chi connectivity index (χ1) is 11.2. The molecule has 4 rings (SSSR count). The third-order valence-electron chi connectivity index (χ3n) is 4.35. The molecule has 0 bridgehead atoms. The number of nitrogens with zero attached hydrogens (tertiary/aromatic N) is 4. The zero-order valence-electron chi connectivity index (χ0n) is 12.9. The summed E-state index contributed by atoms with van der Waals surface area (Å²) < 4.78 is 1.79. The van der Waals surface area contributed by atoms with Crippen molar-refractivity contribution < 1.29 is 4.79 Å². The molecule has 1 N–H and O–H groups in total. The Morgan fingerprint density at radius 2 is 2.22 bits per heavy atom. The van der Waals surface area contributed by atoms with Gasteiger partial charge in [-0.15, -0.1) is 0 Å². The number of anilines is 1. The van der Waals surface area contributed by atoms with Gasteiger partial charge in [0.15, 0.2) is 0 Å². The van der Waals surface area contributed by atoms with Crippen LogP contribution in [0.5, 0.6) is 0 Å². The first-order valence-electron chi connectivity index (χ1n) is 7.74. The van der Waals surface area contributed by atoms with E-state index in [1.54, 1.807) is 23.3 Å². The van der Waals surface area contributed by atoms with Crippen LogP contribution >= 0.6 is 0 Å². The van der Waals surface area contributed by atoms with Crippen LogP contribution in [-0.4, -0.2) is 25.7 Å². The fourth-order valence-electron chi connectivity index (χ4n) is 3.25. The van der Waals surface area contributed by atoms with Gasteiger partial charge in [0.2, 0.25) is 5.91 Å². The number of aryl methyl sites for hydroxylation is 2.